The highest BCUT2D eigenvalue weighted by Crippen LogP contribution is 2.26. The first-order valence-electron chi connectivity index (χ1n) is 4.57. The Balaban J connectivity index is 2.82. The lowest BCUT2D eigenvalue weighted by atomic mass is 10.2. The number of rotatable bonds is 4. The van der Waals surface area contributed by atoms with Gasteiger partial charge in [-0.2, -0.15) is 5.26 Å². The van der Waals surface area contributed by atoms with Gasteiger partial charge in [-0.1, -0.05) is 12.1 Å². The molecule has 0 bridgehead atoms. The van der Waals surface area contributed by atoms with Crippen LogP contribution in [-0.4, -0.2) is 26.1 Å². The lowest BCUT2D eigenvalue weighted by Gasteiger charge is -2.21. The lowest BCUT2D eigenvalue weighted by Crippen LogP contribution is -2.25. The summed E-state index contributed by atoms with van der Waals surface area (Å²) in [5.74, 6) is 0.779. The van der Waals surface area contributed by atoms with Crippen LogP contribution in [0.2, 0.25) is 0 Å². The number of alkyl halides is 1. The number of hydrogen-bond donors (Lipinski definition) is 0. The largest absolute Gasteiger partial charge is 0.495 e. The molecule has 1 unspecified atom stereocenters. The number of methoxy groups -OCH3 is 1. The van der Waals surface area contributed by atoms with E-state index in [1.165, 1.54) is 0 Å². The molecule has 1 aromatic carbocycles. The molecule has 0 heterocycles. The minimum Gasteiger partial charge on any atom is -0.495 e. The van der Waals surface area contributed by atoms with Gasteiger partial charge < -0.3 is 9.64 Å². The molecule has 1 rings (SSSR count). The molecule has 80 valence electrons. The maximum atomic E-state index is 8.62. The SMILES string of the molecule is COc1ccccc1N(C)CC(Cl)C#N. The number of nitriles is 1. The second-order valence-electron chi connectivity index (χ2n) is 3.15. The number of benzene rings is 1. The molecule has 0 aliphatic heterocycles. The van der Waals surface area contributed by atoms with E-state index in [0.29, 0.717) is 6.54 Å². The number of ether oxygens (including phenoxy) is 1. The van der Waals surface area contributed by atoms with Crippen molar-refractivity contribution >= 4 is 17.3 Å². The van der Waals surface area contributed by atoms with E-state index in [9.17, 15) is 0 Å². The molecule has 15 heavy (non-hydrogen) atoms. The smallest absolute Gasteiger partial charge is 0.142 e. The van der Waals surface area contributed by atoms with Gasteiger partial charge in [0.2, 0.25) is 0 Å². The van der Waals surface area contributed by atoms with Gasteiger partial charge in [0.15, 0.2) is 0 Å². The molecule has 0 saturated carbocycles. The van der Waals surface area contributed by atoms with E-state index < -0.39 is 5.38 Å². The van der Waals surface area contributed by atoms with Gasteiger partial charge in [-0.3, -0.25) is 0 Å². The van der Waals surface area contributed by atoms with Crippen LogP contribution in [0.1, 0.15) is 0 Å². The Morgan fingerprint density at radius 3 is 2.80 bits per heavy atom. The average molecular weight is 225 g/mol. The molecular formula is C11H13ClN2O. The van der Waals surface area contributed by atoms with Crippen molar-refractivity contribution in [3.05, 3.63) is 24.3 Å². The van der Waals surface area contributed by atoms with Crippen LogP contribution in [-0.2, 0) is 0 Å². The standard InChI is InChI=1S/C11H13ClN2O/c1-14(8-9(12)7-13)10-5-3-4-6-11(10)15-2/h3-6,9H,8H2,1-2H3. The highest BCUT2D eigenvalue weighted by Gasteiger charge is 2.11. The summed E-state index contributed by atoms with van der Waals surface area (Å²) in [5, 5.41) is 8.10. The van der Waals surface area contributed by atoms with Crippen molar-refractivity contribution in [1.29, 1.82) is 5.26 Å². The van der Waals surface area contributed by atoms with Crippen LogP contribution in [0, 0.1) is 11.3 Å². The van der Waals surface area contributed by atoms with Gasteiger partial charge >= 0.3 is 0 Å². The number of anilines is 1. The van der Waals surface area contributed by atoms with Crippen LogP contribution < -0.4 is 9.64 Å². The minimum absolute atomic E-state index is 0.471. The van der Waals surface area contributed by atoms with E-state index in [4.69, 9.17) is 21.6 Å². The van der Waals surface area contributed by atoms with Crippen molar-refractivity contribution in [2.24, 2.45) is 0 Å². The summed E-state index contributed by atoms with van der Waals surface area (Å²) in [7, 11) is 3.50. The topological polar surface area (TPSA) is 36.3 Å². The first-order valence-corrected chi connectivity index (χ1v) is 5.00. The van der Waals surface area contributed by atoms with E-state index >= 15 is 0 Å². The molecule has 0 aliphatic rings. The van der Waals surface area contributed by atoms with Gasteiger partial charge in [0, 0.05) is 13.6 Å². The van der Waals surface area contributed by atoms with E-state index in [1.54, 1.807) is 7.11 Å². The van der Waals surface area contributed by atoms with Crippen molar-refractivity contribution in [3.8, 4) is 11.8 Å². The van der Waals surface area contributed by atoms with Crippen molar-refractivity contribution in [2.45, 2.75) is 5.38 Å². The minimum atomic E-state index is -0.514. The lowest BCUT2D eigenvalue weighted by molar-refractivity contribution is 0.415. The highest BCUT2D eigenvalue weighted by atomic mass is 35.5. The molecule has 0 spiro atoms. The van der Waals surface area contributed by atoms with Gasteiger partial charge in [0.1, 0.15) is 11.1 Å². The summed E-state index contributed by atoms with van der Waals surface area (Å²) in [6.07, 6.45) is 0. The van der Waals surface area contributed by atoms with Crippen molar-refractivity contribution < 1.29 is 4.74 Å². The Morgan fingerprint density at radius 1 is 1.53 bits per heavy atom. The molecule has 0 fully saturated rings. The Bertz CT molecular complexity index is 362. The van der Waals surface area contributed by atoms with Crippen molar-refractivity contribution in [2.75, 3.05) is 25.6 Å². The molecule has 0 N–H and O–H groups in total. The van der Waals surface area contributed by atoms with Crippen LogP contribution >= 0.6 is 11.6 Å². The maximum absolute atomic E-state index is 8.62. The second-order valence-corrected chi connectivity index (χ2v) is 3.68. The Labute approximate surface area is 94.8 Å². The molecule has 0 radical (unpaired) electrons. The average Bonchev–Trinajstić information content (AvgIpc) is 2.28. The molecule has 0 aliphatic carbocycles. The number of hydrogen-bond acceptors (Lipinski definition) is 3. The molecular weight excluding hydrogens is 212 g/mol. The van der Waals surface area contributed by atoms with Crippen LogP contribution in [0.4, 0.5) is 5.69 Å². The maximum Gasteiger partial charge on any atom is 0.142 e. The Kier molecular flexibility index (Phi) is 4.26. The summed E-state index contributed by atoms with van der Waals surface area (Å²) >= 11 is 5.76. The molecule has 1 aromatic rings. The molecule has 0 saturated heterocycles. The zero-order chi connectivity index (χ0) is 11.3. The third kappa shape index (κ3) is 3.03. The monoisotopic (exact) mass is 224 g/mol. The molecule has 0 amide bonds. The molecule has 0 aromatic heterocycles. The first-order chi connectivity index (χ1) is 7.19. The van der Waals surface area contributed by atoms with E-state index in [2.05, 4.69) is 0 Å². The Hall–Kier alpha value is -1.40. The van der Waals surface area contributed by atoms with Gasteiger partial charge in [0.25, 0.3) is 0 Å². The summed E-state index contributed by atoms with van der Waals surface area (Å²) in [6.45, 7) is 0.471. The van der Waals surface area contributed by atoms with E-state index in [1.807, 2.05) is 42.3 Å². The summed E-state index contributed by atoms with van der Waals surface area (Å²) in [4.78, 5) is 1.90. The zero-order valence-electron chi connectivity index (χ0n) is 8.77. The molecule has 4 heteroatoms. The fourth-order valence-electron chi connectivity index (χ4n) is 1.32. The van der Waals surface area contributed by atoms with Gasteiger partial charge in [-0.15, -0.1) is 11.6 Å². The van der Waals surface area contributed by atoms with Gasteiger partial charge in [0.05, 0.1) is 18.9 Å². The zero-order valence-corrected chi connectivity index (χ0v) is 9.53. The quantitative estimate of drug-likeness (QED) is 0.737. The predicted octanol–water partition coefficient (Wildman–Crippen LogP) is 2.26. The van der Waals surface area contributed by atoms with Crippen molar-refractivity contribution in [1.82, 2.24) is 0 Å². The fraction of sp³-hybridized carbons (Fsp3) is 0.364. The van der Waals surface area contributed by atoms with E-state index in [-0.39, 0.29) is 0 Å². The number of halogens is 1. The summed E-state index contributed by atoms with van der Waals surface area (Å²) in [5.41, 5.74) is 0.931. The molecule has 1 atom stereocenters. The van der Waals surface area contributed by atoms with Gasteiger partial charge in [-0.25, -0.2) is 0 Å². The van der Waals surface area contributed by atoms with Crippen molar-refractivity contribution in [3.63, 3.8) is 0 Å². The number of nitrogens with zero attached hydrogens (tertiary/aromatic N) is 2. The third-order valence-corrected chi connectivity index (χ3v) is 2.31. The normalized spacial score (nSPS) is 11.6. The summed E-state index contributed by atoms with van der Waals surface area (Å²) < 4.78 is 5.21. The fourth-order valence-corrected chi connectivity index (χ4v) is 1.53. The van der Waals surface area contributed by atoms with Gasteiger partial charge in [-0.05, 0) is 12.1 Å². The highest BCUT2D eigenvalue weighted by molar-refractivity contribution is 6.22. The Morgan fingerprint density at radius 2 is 2.20 bits per heavy atom. The van der Waals surface area contributed by atoms with Crippen LogP contribution in [0.25, 0.3) is 0 Å². The van der Waals surface area contributed by atoms with Crippen LogP contribution in [0.3, 0.4) is 0 Å². The van der Waals surface area contributed by atoms with E-state index in [0.717, 1.165) is 11.4 Å². The summed E-state index contributed by atoms with van der Waals surface area (Å²) in [6, 6.07) is 9.61. The molecule has 3 nitrogen and oxygen atoms in total. The first kappa shape index (κ1) is 11.7. The van der Waals surface area contributed by atoms with Crippen LogP contribution in [0.5, 0.6) is 5.75 Å². The second kappa shape index (κ2) is 5.47. The third-order valence-electron chi connectivity index (χ3n) is 2.07. The predicted molar refractivity (Wildman–Crippen MR) is 61.5 cm³/mol. The van der Waals surface area contributed by atoms with Crippen LogP contribution in [0.15, 0.2) is 24.3 Å². The number of para-hydroxylation sites is 2.